The lowest BCUT2D eigenvalue weighted by Gasteiger charge is -2.40. The molecule has 0 aliphatic carbocycles. The summed E-state index contributed by atoms with van der Waals surface area (Å²) in [5, 5.41) is 7.07. The summed E-state index contributed by atoms with van der Waals surface area (Å²) in [5.74, 6) is -0.893. The molecule has 28 heavy (non-hydrogen) atoms. The van der Waals surface area contributed by atoms with Crippen molar-refractivity contribution in [1.29, 1.82) is 0 Å². The summed E-state index contributed by atoms with van der Waals surface area (Å²) >= 11 is 0. The molecule has 150 valence electrons. The lowest BCUT2D eigenvalue weighted by molar-refractivity contribution is -0.144. The van der Waals surface area contributed by atoms with E-state index in [4.69, 9.17) is 4.74 Å². The fraction of sp³-hybridized carbons (Fsp3) is 0.450. The third kappa shape index (κ3) is 4.75. The quantitative estimate of drug-likeness (QED) is 0.748. The van der Waals surface area contributed by atoms with E-state index in [1.54, 1.807) is 35.0 Å². The molecule has 0 bridgehead atoms. The van der Waals surface area contributed by atoms with Crippen molar-refractivity contribution in [3.63, 3.8) is 0 Å². The van der Waals surface area contributed by atoms with Gasteiger partial charge in [-0.15, -0.1) is 0 Å². The molecule has 2 atom stereocenters. The van der Waals surface area contributed by atoms with Gasteiger partial charge in [-0.05, 0) is 30.2 Å². The number of benzene rings is 1. The van der Waals surface area contributed by atoms with Gasteiger partial charge in [0, 0.05) is 39.0 Å². The molecule has 3 rings (SSSR count). The van der Waals surface area contributed by atoms with Crippen molar-refractivity contribution < 1.29 is 18.7 Å². The minimum atomic E-state index is -0.443. The molecule has 1 aliphatic rings. The molecule has 7 nitrogen and oxygen atoms in total. The Morgan fingerprint density at radius 3 is 2.79 bits per heavy atom. The minimum absolute atomic E-state index is 0.0213. The summed E-state index contributed by atoms with van der Waals surface area (Å²) in [6, 6.07) is 7.38. The predicted octanol–water partition coefficient (Wildman–Crippen LogP) is 1.76. The Hall–Kier alpha value is -2.74. The van der Waals surface area contributed by atoms with E-state index in [2.05, 4.69) is 10.4 Å². The summed E-state index contributed by atoms with van der Waals surface area (Å²) in [4.78, 5) is 27.1. The fourth-order valence-electron chi connectivity index (χ4n) is 3.61. The molecule has 1 N–H and O–H groups in total. The Labute approximate surface area is 163 Å². The van der Waals surface area contributed by atoms with Crippen molar-refractivity contribution in [3.8, 4) is 0 Å². The van der Waals surface area contributed by atoms with Gasteiger partial charge in [0.1, 0.15) is 5.82 Å². The Bertz CT molecular complexity index is 779. The van der Waals surface area contributed by atoms with Gasteiger partial charge in [0.15, 0.2) is 0 Å². The molecular weight excluding hydrogens is 363 g/mol. The van der Waals surface area contributed by atoms with Crippen LogP contribution in [-0.4, -0.2) is 53.3 Å². The van der Waals surface area contributed by atoms with E-state index in [0.717, 1.165) is 5.56 Å². The summed E-state index contributed by atoms with van der Waals surface area (Å²) in [7, 11) is 1.57. The molecule has 1 aromatic heterocycles. The van der Waals surface area contributed by atoms with Gasteiger partial charge in [0.2, 0.25) is 11.8 Å². The first kappa shape index (κ1) is 20.0. The standard InChI is InChI=1S/C20H25FN4O3/c1-28-14-13-25-18(26)8-7-17(19(25)15-3-5-16(21)6-4-15)20(27)22-10-12-24-11-2-9-23-24/h2-6,9,11,17,19H,7-8,10,12-14H2,1H3,(H,22,27). The highest BCUT2D eigenvalue weighted by Crippen LogP contribution is 2.36. The van der Waals surface area contributed by atoms with Crippen molar-refractivity contribution in [2.24, 2.45) is 5.92 Å². The molecule has 2 amide bonds. The van der Waals surface area contributed by atoms with Crippen molar-refractivity contribution in [1.82, 2.24) is 20.0 Å². The van der Waals surface area contributed by atoms with Gasteiger partial charge in [-0.25, -0.2) is 4.39 Å². The average Bonchev–Trinajstić information content (AvgIpc) is 3.21. The van der Waals surface area contributed by atoms with E-state index in [9.17, 15) is 14.0 Å². The number of likely N-dealkylation sites (tertiary alicyclic amines) is 1. The second-order valence-corrected chi connectivity index (χ2v) is 6.78. The van der Waals surface area contributed by atoms with Crippen LogP contribution in [-0.2, 0) is 20.9 Å². The lowest BCUT2D eigenvalue weighted by atomic mass is 9.83. The molecule has 0 saturated carbocycles. The van der Waals surface area contributed by atoms with Gasteiger partial charge >= 0.3 is 0 Å². The van der Waals surface area contributed by atoms with Crippen LogP contribution in [0.15, 0.2) is 42.7 Å². The molecule has 1 fully saturated rings. The maximum Gasteiger partial charge on any atom is 0.225 e. The van der Waals surface area contributed by atoms with Crippen LogP contribution in [0.1, 0.15) is 24.4 Å². The van der Waals surface area contributed by atoms with Gasteiger partial charge in [-0.2, -0.15) is 5.10 Å². The number of hydrogen-bond acceptors (Lipinski definition) is 4. The SMILES string of the molecule is COCCN1C(=O)CCC(C(=O)NCCn2cccn2)C1c1ccc(F)cc1. The number of methoxy groups -OCH3 is 1. The Morgan fingerprint density at radius 2 is 2.11 bits per heavy atom. The van der Waals surface area contributed by atoms with Crippen LogP contribution in [0.5, 0.6) is 0 Å². The van der Waals surface area contributed by atoms with E-state index < -0.39 is 12.0 Å². The number of rotatable bonds is 8. The van der Waals surface area contributed by atoms with Crippen LogP contribution < -0.4 is 5.32 Å². The average molecular weight is 388 g/mol. The first-order valence-electron chi connectivity index (χ1n) is 9.39. The second-order valence-electron chi connectivity index (χ2n) is 6.78. The zero-order valence-corrected chi connectivity index (χ0v) is 15.9. The van der Waals surface area contributed by atoms with E-state index in [0.29, 0.717) is 39.1 Å². The monoisotopic (exact) mass is 388 g/mol. The lowest BCUT2D eigenvalue weighted by Crippen LogP contribution is -2.49. The number of halogens is 1. The van der Waals surface area contributed by atoms with E-state index >= 15 is 0 Å². The predicted molar refractivity (Wildman–Crippen MR) is 101 cm³/mol. The minimum Gasteiger partial charge on any atom is -0.383 e. The molecule has 1 aliphatic heterocycles. The smallest absolute Gasteiger partial charge is 0.225 e. The van der Waals surface area contributed by atoms with E-state index in [1.165, 1.54) is 12.1 Å². The number of nitrogens with one attached hydrogen (secondary N) is 1. The first-order chi connectivity index (χ1) is 13.6. The van der Waals surface area contributed by atoms with Gasteiger partial charge in [-0.3, -0.25) is 14.3 Å². The van der Waals surface area contributed by atoms with Crippen molar-refractivity contribution in [2.45, 2.75) is 25.4 Å². The number of aromatic nitrogens is 2. The van der Waals surface area contributed by atoms with Crippen LogP contribution in [0.2, 0.25) is 0 Å². The largest absolute Gasteiger partial charge is 0.383 e. The molecule has 8 heteroatoms. The van der Waals surface area contributed by atoms with E-state index in [1.807, 2.05) is 12.3 Å². The molecule has 0 radical (unpaired) electrons. The van der Waals surface area contributed by atoms with Crippen molar-refractivity contribution >= 4 is 11.8 Å². The van der Waals surface area contributed by atoms with Crippen LogP contribution in [0.3, 0.4) is 0 Å². The number of piperidine rings is 1. The van der Waals surface area contributed by atoms with Crippen LogP contribution in [0, 0.1) is 11.7 Å². The topological polar surface area (TPSA) is 76.5 Å². The van der Waals surface area contributed by atoms with E-state index in [-0.39, 0.29) is 17.6 Å². The number of amides is 2. The molecular formula is C20H25FN4O3. The zero-order chi connectivity index (χ0) is 19.9. The van der Waals surface area contributed by atoms with Gasteiger partial charge in [0.25, 0.3) is 0 Å². The van der Waals surface area contributed by atoms with Crippen LogP contribution in [0.4, 0.5) is 4.39 Å². The maximum absolute atomic E-state index is 13.4. The summed E-state index contributed by atoms with van der Waals surface area (Å²) in [6.07, 6.45) is 4.28. The van der Waals surface area contributed by atoms with Gasteiger partial charge in [-0.1, -0.05) is 12.1 Å². The molecule has 2 heterocycles. The number of nitrogens with zero attached hydrogens (tertiary/aromatic N) is 3. The molecule has 1 saturated heterocycles. The molecule has 2 unspecified atom stereocenters. The Balaban J connectivity index is 1.76. The highest BCUT2D eigenvalue weighted by atomic mass is 19.1. The summed E-state index contributed by atoms with van der Waals surface area (Å²) in [5.41, 5.74) is 0.748. The normalized spacial score (nSPS) is 19.6. The molecule has 0 spiro atoms. The number of carbonyl (C=O) groups excluding carboxylic acids is 2. The van der Waals surface area contributed by atoms with Crippen molar-refractivity contribution in [2.75, 3.05) is 26.8 Å². The molecule has 2 aromatic rings. The van der Waals surface area contributed by atoms with Crippen LogP contribution in [0.25, 0.3) is 0 Å². The van der Waals surface area contributed by atoms with Crippen molar-refractivity contribution in [3.05, 3.63) is 54.1 Å². The third-order valence-electron chi connectivity index (χ3n) is 4.99. The fourth-order valence-corrected chi connectivity index (χ4v) is 3.61. The third-order valence-corrected chi connectivity index (χ3v) is 4.99. The molecule has 1 aromatic carbocycles. The van der Waals surface area contributed by atoms with Gasteiger partial charge < -0.3 is 15.0 Å². The number of ether oxygens (including phenoxy) is 1. The zero-order valence-electron chi connectivity index (χ0n) is 15.9. The van der Waals surface area contributed by atoms with Gasteiger partial charge in [0.05, 0.1) is 25.1 Å². The first-order valence-corrected chi connectivity index (χ1v) is 9.39. The highest BCUT2D eigenvalue weighted by molar-refractivity contribution is 5.85. The Morgan fingerprint density at radius 1 is 1.32 bits per heavy atom. The Kier molecular flexibility index (Phi) is 6.76. The number of carbonyl (C=O) groups is 2. The summed E-state index contributed by atoms with van der Waals surface area (Å²) in [6.45, 7) is 1.77. The second kappa shape index (κ2) is 9.45. The maximum atomic E-state index is 13.4. The summed E-state index contributed by atoms with van der Waals surface area (Å²) < 4.78 is 20.3. The highest BCUT2D eigenvalue weighted by Gasteiger charge is 2.40. The number of hydrogen-bond donors (Lipinski definition) is 1. The van der Waals surface area contributed by atoms with Crippen LogP contribution >= 0.6 is 0 Å².